The fourth-order valence-corrected chi connectivity index (χ4v) is 3.47. The largest absolute Gasteiger partial charge is 0.329 e. The molecule has 1 fully saturated rings. The second-order valence-corrected chi connectivity index (χ2v) is 6.58. The van der Waals surface area contributed by atoms with Crippen LogP contribution in [0, 0.1) is 5.82 Å². The van der Waals surface area contributed by atoms with Crippen LogP contribution in [0.15, 0.2) is 24.3 Å². The van der Waals surface area contributed by atoms with Gasteiger partial charge >= 0.3 is 0 Å². The third-order valence-corrected chi connectivity index (χ3v) is 4.47. The predicted octanol–water partition coefficient (Wildman–Crippen LogP) is 2.96. The maximum Gasteiger partial charge on any atom is 0.123 e. The van der Waals surface area contributed by atoms with Gasteiger partial charge in [0.1, 0.15) is 5.82 Å². The van der Waals surface area contributed by atoms with Crippen LogP contribution in [0.5, 0.6) is 0 Å². The molecular weight excluding hydrogens is 239 g/mol. The summed E-state index contributed by atoms with van der Waals surface area (Å²) >= 11 is 0. The van der Waals surface area contributed by atoms with E-state index in [-0.39, 0.29) is 16.9 Å². The summed E-state index contributed by atoms with van der Waals surface area (Å²) in [5, 5.41) is 0. The maximum atomic E-state index is 13.3. The van der Waals surface area contributed by atoms with E-state index in [1.165, 1.54) is 18.9 Å². The summed E-state index contributed by atoms with van der Waals surface area (Å²) in [5.74, 6) is -0.169. The Morgan fingerprint density at radius 3 is 2.68 bits per heavy atom. The van der Waals surface area contributed by atoms with Gasteiger partial charge in [-0.1, -0.05) is 12.1 Å². The number of hydrogen-bond donors (Lipinski definition) is 1. The van der Waals surface area contributed by atoms with Gasteiger partial charge in [0, 0.05) is 17.6 Å². The molecule has 3 heteroatoms. The van der Waals surface area contributed by atoms with Gasteiger partial charge in [-0.3, -0.25) is 4.90 Å². The van der Waals surface area contributed by atoms with Gasteiger partial charge in [0.2, 0.25) is 0 Å². The van der Waals surface area contributed by atoms with Crippen LogP contribution in [-0.4, -0.2) is 29.1 Å². The molecule has 0 radical (unpaired) electrons. The molecule has 1 aliphatic rings. The summed E-state index contributed by atoms with van der Waals surface area (Å²) in [7, 11) is 0. The second kappa shape index (κ2) is 5.22. The van der Waals surface area contributed by atoms with E-state index in [9.17, 15) is 4.39 Å². The van der Waals surface area contributed by atoms with Crippen LogP contribution in [-0.2, 0) is 6.42 Å². The van der Waals surface area contributed by atoms with Crippen LogP contribution in [0.3, 0.4) is 0 Å². The van der Waals surface area contributed by atoms with Crippen molar-refractivity contribution in [3.8, 4) is 0 Å². The molecule has 2 rings (SSSR count). The van der Waals surface area contributed by atoms with Gasteiger partial charge in [-0.05, 0) is 64.3 Å². The predicted molar refractivity (Wildman–Crippen MR) is 77.6 cm³/mol. The first-order valence-electron chi connectivity index (χ1n) is 7.10. The van der Waals surface area contributed by atoms with Crippen LogP contribution in [0.1, 0.15) is 39.2 Å². The van der Waals surface area contributed by atoms with Gasteiger partial charge in [-0.25, -0.2) is 4.39 Å². The molecule has 1 aromatic carbocycles. The van der Waals surface area contributed by atoms with Crippen molar-refractivity contribution in [2.45, 2.75) is 51.1 Å². The van der Waals surface area contributed by atoms with Gasteiger partial charge in [-0.2, -0.15) is 0 Å². The molecule has 0 spiro atoms. The van der Waals surface area contributed by atoms with Crippen LogP contribution in [0.2, 0.25) is 0 Å². The smallest absolute Gasteiger partial charge is 0.123 e. The molecule has 1 unspecified atom stereocenters. The standard InChI is InChI=1S/C16H25FN2/c1-15(2)8-5-9-19(15)16(3,12-18)11-13-6-4-7-14(17)10-13/h4,6-7,10H,5,8-9,11-12,18H2,1-3H3. The van der Waals surface area contributed by atoms with Crippen LogP contribution in [0.4, 0.5) is 4.39 Å². The first kappa shape index (κ1) is 14.5. The SMILES string of the molecule is CC1(C)CCCN1C(C)(CN)Cc1cccc(F)c1. The zero-order valence-electron chi connectivity index (χ0n) is 12.2. The highest BCUT2D eigenvalue weighted by atomic mass is 19.1. The highest BCUT2D eigenvalue weighted by molar-refractivity contribution is 5.20. The molecule has 2 nitrogen and oxygen atoms in total. The van der Waals surface area contributed by atoms with E-state index >= 15 is 0 Å². The summed E-state index contributed by atoms with van der Waals surface area (Å²) in [5.41, 5.74) is 7.16. The van der Waals surface area contributed by atoms with Crippen molar-refractivity contribution in [3.05, 3.63) is 35.6 Å². The van der Waals surface area contributed by atoms with Crippen LogP contribution < -0.4 is 5.73 Å². The quantitative estimate of drug-likeness (QED) is 0.906. The minimum atomic E-state index is -0.169. The topological polar surface area (TPSA) is 29.3 Å². The Kier molecular flexibility index (Phi) is 3.98. The molecule has 0 saturated carbocycles. The molecule has 0 bridgehead atoms. The molecule has 19 heavy (non-hydrogen) atoms. The Morgan fingerprint density at radius 1 is 1.42 bits per heavy atom. The van der Waals surface area contributed by atoms with Crippen LogP contribution in [0.25, 0.3) is 0 Å². The molecule has 0 aromatic heterocycles. The first-order valence-corrected chi connectivity index (χ1v) is 7.10. The summed E-state index contributed by atoms with van der Waals surface area (Å²) < 4.78 is 13.3. The lowest BCUT2D eigenvalue weighted by molar-refractivity contribution is 0.0477. The average molecular weight is 264 g/mol. The van der Waals surface area contributed by atoms with Gasteiger partial charge in [0.05, 0.1) is 0 Å². The average Bonchev–Trinajstić information content (AvgIpc) is 2.69. The summed E-state index contributed by atoms with van der Waals surface area (Å²) in [6.45, 7) is 8.42. The van der Waals surface area contributed by atoms with Crippen LogP contribution >= 0.6 is 0 Å². The lowest BCUT2D eigenvalue weighted by Gasteiger charge is -2.46. The Balaban J connectivity index is 2.23. The van der Waals surface area contributed by atoms with E-state index in [2.05, 4.69) is 25.7 Å². The molecule has 1 heterocycles. The Bertz CT molecular complexity index is 444. The van der Waals surface area contributed by atoms with Crippen molar-refractivity contribution in [1.29, 1.82) is 0 Å². The van der Waals surface area contributed by atoms with E-state index in [0.717, 1.165) is 18.5 Å². The maximum absolute atomic E-state index is 13.3. The molecule has 1 atom stereocenters. The van der Waals surface area contributed by atoms with Crippen molar-refractivity contribution in [2.75, 3.05) is 13.1 Å². The summed E-state index contributed by atoms with van der Waals surface area (Å²) in [6.07, 6.45) is 3.21. The van der Waals surface area contributed by atoms with E-state index in [4.69, 9.17) is 5.73 Å². The number of rotatable bonds is 4. The second-order valence-electron chi connectivity index (χ2n) is 6.58. The molecule has 1 aromatic rings. The van der Waals surface area contributed by atoms with E-state index in [0.29, 0.717) is 6.54 Å². The number of hydrogen-bond acceptors (Lipinski definition) is 2. The normalized spacial score (nSPS) is 22.4. The highest BCUT2D eigenvalue weighted by Gasteiger charge is 2.42. The Morgan fingerprint density at radius 2 is 2.16 bits per heavy atom. The van der Waals surface area contributed by atoms with Crippen molar-refractivity contribution in [3.63, 3.8) is 0 Å². The molecule has 0 aliphatic carbocycles. The molecule has 2 N–H and O–H groups in total. The number of nitrogens with two attached hydrogens (primary N) is 1. The van der Waals surface area contributed by atoms with Gasteiger partial charge < -0.3 is 5.73 Å². The van der Waals surface area contributed by atoms with Gasteiger partial charge in [0.15, 0.2) is 0 Å². The molecular formula is C16H25FN2. The Hall–Kier alpha value is -0.930. The zero-order valence-corrected chi connectivity index (χ0v) is 12.2. The minimum absolute atomic E-state index is 0.103. The molecule has 1 aliphatic heterocycles. The number of likely N-dealkylation sites (tertiary alicyclic amines) is 1. The summed E-state index contributed by atoms with van der Waals surface area (Å²) in [4.78, 5) is 2.50. The third-order valence-electron chi connectivity index (χ3n) is 4.47. The van der Waals surface area contributed by atoms with Crippen molar-refractivity contribution in [2.24, 2.45) is 5.73 Å². The highest BCUT2D eigenvalue weighted by Crippen LogP contribution is 2.36. The molecule has 106 valence electrons. The minimum Gasteiger partial charge on any atom is -0.329 e. The number of nitrogens with zero attached hydrogens (tertiary/aromatic N) is 1. The Labute approximate surface area is 115 Å². The third kappa shape index (κ3) is 2.98. The fraction of sp³-hybridized carbons (Fsp3) is 0.625. The number of halogens is 1. The molecule has 0 amide bonds. The van der Waals surface area contributed by atoms with Crippen molar-refractivity contribution >= 4 is 0 Å². The zero-order chi connectivity index (χ0) is 14.1. The van der Waals surface area contributed by atoms with E-state index < -0.39 is 0 Å². The number of benzene rings is 1. The summed E-state index contributed by atoms with van der Waals surface area (Å²) in [6, 6.07) is 6.87. The van der Waals surface area contributed by atoms with Gasteiger partial charge in [-0.15, -0.1) is 0 Å². The van der Waals surface area contributed by atoms with E-state index in [1.54, 1.807) is 12.1 Å². The monoisotopic (exact) mass is 264 g/mol. The lowest BCUT2D eigenvalue weighted by atomic mass is 9.87. The first-order chi connectivity index (χ1) is 8.87. The van der Waals surface area contributed by atoms with E-state index in [1.807, 2.05) is 6.07 Å². The molecule has 1 saturated heterocycles. The lowest BCUT2D eigenvalue weighted by Crippen LogP contribution is -2.58. The van der Waals surface area contributed by atoms with Crippen molar-refractivity contribution < 1.29 is 4.39 Å². The van der Waals surface area contributed by atoms with Crippen molar-refractivity contribution in [1.82, 2.24) is 4.90 Å². The fourth-order valence-electron chi connectivity index (χ4n) is 3.47. The van der Waals surface area contributed by atoms with Gasteiger partial charge in [0.25, 0.3) is 0 Å².